The average Bonchev–Trinajstić information content (AvgIpc) is 3.07. The summed E-state index contributed by atoms with van der Waals surface area (Å²) in [5, 5.41) is 5.11. The lowest BCUT2D eigenvalue weighted by atomic mass is 10.0. The number of aromatic nitrogens is 2. The van der Waals surface area contributed by atoms with E-state index in [2.05, 4.69) is 27.4 Å². The van der Waals surface area contributed by atoms with Gasteiger partial charge < -0.3 is 15.0 Å². The highest BCUT2D eigenvalue weighted by Crippen LogP contribution is 2.36. The topological polar surface area (TPSA) is 49.9 Å². The van der Waals surface area contributed by atoms with Gasteiger partial charge in [0, 0.05) is 34.4 Å². The Morgan fingerprint density at radius 3 is 2.88 bits per heavy atom. The number of benzene rings is 1. The first-order valence-corrected chi connectivity index (χ1v) is 8.36. The van der Waals surface area contributed by atoms with Crippen LogP contribution in [0.5, 0.6) is 5.75 Å². The van der Waals surface area contributed by atoms with E-state index in [9.17, 15) is 0 Å². The quantitative estimate of drug-likeness (QED) is 0.749. The molecule has 0 aliphatic carbocycles. The summed E-state index contributed by atoms with van der Waals surface area (Å²) in [6.45, 7) is 1.91. The zero-order valence-corrected chi connectivity index (χ0v) is 14.2. The maximum Gasteiger partial charge on any atom is 0.138 e. The van der Waals surface area contributed by atoms with Gasteiger partial charge in [0.25, 0.3) is 0 Å². The second-order valence-electron chi connectivity index (χ2n) is 5.83. The van der Waals surface area contributed by atoms with Crippen molar-refractivity contribution in [1.29, 1.82) is 0 Å². The van der Waals surface area contributed by atoms with Crippen molar-refractivity contribution in [3.8, 4) is 16.9 Å². The summed E-state index contributed by atoms with van der Waals surface area (Å²) >= 11 is 6.44. The van der Waals surface area contributed by atoms with E-state index in [0.717, 1.165) is 53.1 Å². The van der Waals surface area contributed by atoms with Crippen molar-refractivity contribution in [1.82, 2.24) is 15.3 Å². The predicted molar refractivity (Wildman–Crippen MR) is 98.6 cm³/mol. The van der Waals surface area contributed by atoms with Gasteiger partial charge in [-0.05, 0) is 54.4 Å². The fraction of sp³-hybridized carbons (Fsp3) is 0.211. The van der Waals surface area contributed by atoms with Gasteiger partial charge in [-0.15, -0.1) is 0 Å². The van der Waals surface area contributed by atoms with E-state index in [1.807, 2.05) is 30.5 Å². The standard InChI is InChI=1S/C19H18ClN3O/c1-24-13-2-3-17(20)15(10-13)14-6-9-22-19-16(14)11-18(23-19)12-4-7-21-8-5-12/h2-4,6,9-11,21H,5,7-8H2,1H3,(H,22,23). The van der Waals surface area contributed by atoms with Gasteiger partial charge in [-0.2, -0.15) is 0 Å². The molecule has 3 heterocycles. The zero-order chi connectivity index (χ0) is 16.5. The minimum Gasteiger partial charge on any atom is -0.497 e. The maximum atomic E-state index is 6.44. The fourth-order valence-electron chi connectivity index (χ4n) is 3.14. The number of fused-ring (bicyclic) bond motifs is 1. The minimum atomic E-state index is 0.701. The van der Waals surface area contributed by atoms with Crippen LogP contribution in [0.4, 0.5) is 0 Å². The monoisotopic (exact) mass is 339 g/mol. The van der Waals surface area contributed by atoms with Crippen LogP contribution in [0, 0.1) is 0 Å². The number of nitrogens with zero attached hydrogens (tertiary/aromatic N) is 1. The number of methoxy groups -OCH3 is 1. The van der Waals surface area contributed by atoms with Crippen LogP contribution >= 0.6 is 11.6 Å². The van der Waals surface area contributed by atoms with Gasteiger partial charge in [-0.1, -0.05) is 17.7 Å². The summed E-state index contributed by atoms with van der Waals surface area (Å²) in [5.74, 6) is 0.788. The van der Waals surface area contributed by atoms with Crippen molar-refractivity contribution < 1.29 is 4.74 Å². The summed E-state index contributed by atoms with van der Waals surface area (Å²) < 4.78 is 5.35. The third kappa shape index (κ3) is 2.68. The Bertz CT molecular complexity index is 930. The van der Waals surface area contributed by atoms with E-state index in [1.165, 1.54) is 5.57 Å². The molecule has 24 heavy (non-hydrogen) atoms. The Morgan fingerprint density at radius 1 is 1.17 bits per heavy atom. The molecular formula is C19H18ClN3O. The molecule has 3 aromatic rings. The Hall–Kier alpha value is -2.30. The van der Waals surface area contributed by atoms with Crippen molar-refractivity contribution >= 4 is 28.2 Å². The van der Waals surface area contributed by atoms with Crippen molar-refractivity contribution in [2.75, 3.05) is 20.2 Å². The molecule has 0 saturated heterocycles. The van der Waals surface area contributed by atoms with E-state index < -0.39 is 0 Å². The highest BCUT2D eigenvalue weighted by Gasteiger charge is 2.14. The normalized spacial score (nSPS) is 14.7. The zero-order valence-electron chi connectivity index (χ0n) is 13.4. The minimum absolute atomic E-state index is 0.701. The van der Waals surface area contributed by atoms with E-state index in [0.29, 0.717) is 5.02 Å². The second-order valence-corrected chi connectivity index (χ2v) is 6.24. The van der Waals surface area contributed by atoms with Crippen molar-refractivity contribution in [2.45, 2.75) is 6.42 Å². The number of pyridine rings is 1. The fourth-order valence-corrected chi connectivity index (χ4v) is 3.36. The summed E-state index contributed by atoms with van der Waals surface area (Å²) in [6, 6.07) is 9.87. The predicted octanol–water partition coefficient (Wildman–Crippen LogP) is 4.27. The molecule has 0 radical (unpaired) electrons. The first kappa shape index (κ1) is 15.2. The Kier molecular flexibility index (Phi) is 4.00. The SMILES string of the molecule is COc1ccc(Cl)c(-c2ccnc3[nH]c(C4=CCNCC4)cc23)c1. The number of ether oxygens (including phenoxy) is 1. The third-order valence-electron chi connectivity index (χ3n) is 4.41. The Labute approximate surface area is 145 Å². The van der Waals surface area contributed by atoms with Gasteiger partial charge >= 0.3 is 0 Å². The molecule has 1 aliphatic heterocycles. The molecule has 5 heteroatoms. The van der Waals surface area contributed by atoms with Gasteiger partial charge in [0.2, 0.25) is 0 Å². The van der Waals surface area contributed by atoms with Gasteiger partial charge in [-0.3, -0.25) is 0 Å². The van der Waals surface area contributed by atoms with Crippen LogP contribution in [0.2, 0.25) is 5.02 Å². The molecule has 0 saturated carbocycles. The van der Waals surface area contributed by atoms with Crippen molar-refractivity contribution in [2.24, 2.45) is 0 Å². The Morgan fingerprint density at radius 2 is 2.08 bits per heavy atom. The lowest BCUT2D eigenvalue weighted by Crippen LogP contribution is -2.20. The summed E-state index contributed by atoms with van der Waals surface area (Å²) in [6.07, 6.45) is 5.05. The number of rotatable bonds is 3. The number of nitrogens with one attached hydrogen (secondary N) is 2. The lowest BCUT2D eigenvalue weighted by molar-refractivity contribution is 0.415. The molecule has 2 aromatic heterocycles. The van der Waals surface area contributed by atoms with Crippen LogP contribution in [0.1, 0.15) is 12.1 Å². The van der Waals surface area contributed by atoms with Crippen LogP contribution in [0.25, 0.3) is 27.7 Å². The molecule has 1 aromatic carbocycles. The van der Waals surface area contributed by atoms with Crippen LogP contribution in [0.15, 0.2) is 42.6 Å². The summed E-state index contributed by atoms with van der Waals surface area (Å²) in [4.78, 5) is 7.92. The molecule has 4 nitrogen and oxygen atoms in total. The van der Waals surface area contributed by atoms with E-state index in [1.54, 1.807) is 7.11 Å². The highest BCUT2D eigenvalue weighted by atomic mass is 35.5. The molecule has 2 N–H and O–H groups in total. The van der Waals surface area contributed by atoms with Crippen molar-refractivity contribution in [3.05, 3.63) is 53.3 Å². The van der Waals surface area contributed by atoms with Gasteiger partial charge in [-0.25, -0.2) is 4.98 Å². The largest absolute Gasteiger partial charge is 0.497 e. The molecule has 0 spiro atoms. The molecule has 1 aliphatic rings. The average molecular weight is 340 g/mol. The molecule has 122 valence electrons. The Balaban J connectivity index is 1.87. The molecule has 4 rings (SSSR count). The van der Waals surface area contributed by atoms with E-state index >= 15 is 0 Å². The summed E-state index contributed by atoms with van der Waals surface area (Å²) in [5.41, 5.74) is 5.34. The van der Waals surface area contributed by atoms with Crippen LogP contribution in [-0.2, 0) is 0 Å². The van der Waals surface area contributed by atoms with Crippen LogP contribution in [-0.4, -0.2) is 30.2 Å². The molecule has 0 unspecified atom stereocenters. The molecule has 0 bridgehead atoms. The van der Waals surface area contributed by atoms with E-state index in [-0.39, 0.29) is 0 Å². The number of H-pyrrole nitrogens is 1. The molecular weight excluding hydrogens is 322 g/mol. The second kappa shape index (κ2) is 6.30. The maximum absolute atomic E-state index is 6.44. The van der Waals surface area contributed by atoms with E-state index in [4.69, 9.17) is 16.3 Å². The summed E-state index contributed by atoms with van der Waals surface area (Å²) in [7, 11) is 1.66. The van der Waals surface area contributed by atoms with Gasteiger partial charge in [0.1, 0.15) is 11.4 Å². The van der Waals surface area contributed by atoms with Gasteiger partial charge in [0.05, 0.1) is 7.11 Å². The number of hydrogen-bond acceptors (Lipinski definition) is 3. The highest BCUT2D eigenvalue weighted by molar-refractivity contribution is 6.33. The van der Waals surface area contributed by atoms with Crippen LogP contribution in [0.3, 0.4) is 0 Å². The first-order chi connectivity index (χ1) is 11.8. The number of halogens is 1. The first-order valence-electron chi connectivity index (χ1n) is 7.98. The molecule has 0 fully saturated rings. The number of aromatic amines is 1. The van der Waals surface area contributed by atoms with Crippen LogP contribution < -0.4 is 10.1 Å². The molecule has 0 amide bonds. The number of hydrogen-bond donors (Lipinski definition) is 2. The smallest absolute Gasteiger partial charge is 0.138 e. The molecule has 0 atom stereocenters. The van der Waals surface area contributed by atoms with Gasteiger partial charge in [0.15, 0.2) is 0 Å². The lowest BCUT2D eigenvalue weighted by Gasteiger charge is -2.12. The van der Waals surface area contributed by atoms with Crippen molar-refractivity contribution in [3.63, 3.8) is 0 Å². The third-order valence-corrected chi connectivity index (χ3v) is 4.74.